The highest BCUT2D eigenvalue weighted by Gasteiger charge is 2.39. The number of rotatable bonds is 4. The zero-order chi connectivity index (χ0) is 14.0. The minimum absolute atomic E-state index is 0.0556. The Morgan fingerprint density at radius 3 is 2.89 bits per heavy atom. The molecule has 0 aliphatic carbocycles. The van der Waals surface area contributed by atoms with Crippen LogP contribution in [0.3, 0.4) is 0 Å². The molecule has 2 heterocycles. The molecule has 0 amide bonds. The third-order valence-corrected chi connectivity index (χ3v) is 4.89. The van der Waals surface area contributed by atoms with Crippen LogP contribution in [0.5, 0.6) is 5.75 Å². The fourth-order valence-corrected chi connectivity index (χ4v) is 3.69. The molecular formula is C11H14N2O5S. The smallest absolute Gasteiger partial charge is 0.322 e. The Labute approximate surface area is 110 Å². The Bertz CT molecular complexity index is 587. The van der Waals surface area contributed by atoms with Gasteiger partial charge in [-0.25, -0.2) is 8.42 Å². The molecule has 7 nitrogen and oxygen atoms in total. The number of sulfonamides is 1. The van der Waals surface area contributed by atoms with Gasteiger partial charge in [0.05, 0.1) is 13.3 Å². The van der Waals surface area contributed by atoms with E-state index in [1.54, 1.807) is 0 Å². The summed E-state index contributed by atoms with van der Waals surface area (Å²) in [5.74, 6) is -0.816. The fourth-order valence-electron chi connectivity index (χ4n) is 2.06. The second-order valence-corrected chi connectivity index (χ2v) is 6.06. The molecule has 1 fully saturated rings. The Hall–Kier alpha value is -1.67. The minimum Gasteiger partial charge on any atom is -0.495 e. The van der Waals surface area contributed by atoms with E-state index in [0.717, 1.165) is 4.31 Å². The maximum atomic E-state index is 12.4. The molecule has 1 aliphatic heterocycles. The van der Waals surface area contributed by atoms with Gasteiger partial charge in [-0.1, -0.05) is 0 Å². The Kier molecular flexibility index (Phi) is 3.72. The molecular weight excluding hydrogens is 272 g/mol. The number of hydrogen-bond acceptors (Lipinski definition) is 5. The maximum Gasteiger partial charge on any atom is 0.322 e. The van der Waals surface area contributed by atoms with Crippen LogP contribution in [0, 0.1) is 0 Å². The highest BCUT2D eigenvalue weighted by atomic mass is 32.2. The van der Waals surface area contributed by atoms with Crippen LogP contribution in [0.25, 0.3) is 0 Å². The minimum atomic E-state index is -3.86. The van der Waals surface area contributed by atoms with Crippen molar-refractivity contribution in [3.63, 3.8) is 0 Å². The molecule has 1 aliphatic rings. The number of carboxylic acid groups (broad SMARTS) is 1. The van der Waals surface area contributed by atoms with Gasteiger partial charge >= 0.3 is 5.97 Å². The first-order valence-electron chi connectivity index (χ1n) is 5.70. The third kappa shape index (κ3) is 2.54. The molecule has 0 unspecified atom stereocenters. The lowest BCUT2D eigenvalue weighted by molar-refractivity contribution is -0.140. The Balaban J connectivity index is 2.38. The lowest BCUT2D eigenvalue weighted by Gasteiger charge is -2.20. The van der Waals surface area contributed by atoms with Crippen LogP contribution in [0.4, 0.5) is 0 Å². The lowest BCUT2D eigenvalue weighted by Crippen LogP contribution is -2.40. The van der Waals surface area contributed by atoms with E-state index in [0.29, 0.717) is 18.6 Å². The first kappa shape index (κ1) is 13.8. The Morgan fingerprint density at radius 2 is 2.26 bits per heavy atom. The average molecular weight is 286 g/mol. The van der Waals surface area contributed by atoms with Gasteiger partial charge < -0.3 is 9.84 Å². The monoisotopic (exact) mass is 286 g/mol. The molecule has 0 spiro atoms. The zero-order valence-corrected chi connectivity index (χ0v) is 11.1. The van der Waals surface area contributed by atoms with Gasteiger partial charge in [-0.2, -0.15) is 4.31 Å². The van der Waals surface area contributed by atoms with Crippen molar-refractivity contribution in [2.45, 2.75) is 23.8 Å². The van der Waals surface area contributed by atoms with Gasteiger partial charge in [0, 0.05) is 18.8 Å². The van der Waals surface area contributed by atoms with E-state index >= 15 is 0 Å². The number of pyridine rings is 1. The molecule has 0 saturated carbocycles. The summed E-state index contributed by atoms with van der Waals surface area (Å²) in [7, 11) is -2.45. The molecule has 2 rings (SSSR count). The first-order valence-corrected chi connectivity index (χ1v) is 7.14. The first-order chi connectivity index (χ1) is 8.96. The SMILES string of the molecule is COc1cncc(S(=O)(=O)N2CCC[C@@H]2C(=O)O)c1. The van der Waals surface area contributed by atoms with Crippen molar-refractivity contribution in [3.05, 3.63) is 18.5 Å². The summed E-state index contributed by atoms with van der Waals surface area (Å²) in [6.07, 6.45) is 3.44. The predicted octanol–water partition coefficient (Wildman–Crippen LogP) is 0.328. The molecule has 1 aromatic heterocycles. The number of aromatic nitrogens is 1. The molecule has 0 bridgehead atoms. The number of hydrogen-bond donors (Lipinski definition) is 1. The van der Waals surface area contributed by atoms with Crippen molar-refractivity contribution in [2.24, 2.45) is 0 Å². The topological polar surface area (TPSA) is 96.8 Å². The van der Waals surface area contributed by atoms with Crippen LogP contribution < -0.4 is 4.74 Å². The summed E-state index contributed by atoms with van der Waals surface area (Å²) >= 11 is 0. The standard InChI is InChI=1S/C11H14N2O5S/c1-18-8-5-9(7-12-6-8)19(16,17)13-4-2-3-10(13)11(14)15/h5-7,10H,2-4H2,1H3,(H,14,15)/t10-/m1/s1. The van der Waals surface area contributed by atoms with Crippen molar-refractivity contribution in [1.29, 1.82) is 0 Å². The average Bonchev–Trinajstić information content (AvgIpc) is 2.89. The Morgan fingerprint density at radius 1 is 1.53 bits per heavy atom. The van der Waals surface area contributed by atoms with Crippen LogP contribution >= 0.6 is 0 Å². The predicted molar refractivity (Wildman–Crippen MR) is 65.3 cm³/mol. The molecule has 19 heavy (non-hydrogen) atoms. The van der Waals surface area contributed by atoms with Crippen LogP contribution in [0.2, 0.25) is 0 Å². The van der Waals surface area contributed by atoms with Crippen molar-refractivity contribution >= 4 is 16.0 Å². The highest BCUT2D eigenvalue weighted by molar-refractivity contribution is 7.89. The van der Waals surface area contributed by atoms with E-state index in [1.807, 2.05) is 0 Å². The number of methoxy groups -OCH3 is 1. The van der Waals surface area contributed by atoms with E-state index in [4.69, 9.17) is 9.84 Å². The highest BCUT2D eigenvalue weighted by Crippen LogP contribution is 2.27. The lowest BCUT2D eigenvalue weighted by atomic mass is 10.2. The summed E-state index contributed by atoms with van der Waals surface area (Å²) in [5, 5.41) is 9.05. The summed E-state index contributed by atoms with van der Waals surface area (Å²) in [6, 6.07) is 0.329. The van der Waals surface area contributed by atoms with Gasteiger partial charge in [-0.15, -0.1) is 0 Å². The number of aliphatic carboxylic acids is 1. The van der Waals surface area contributed by atoms with Crippen molar-refractivity contribution in [3.8, 4) is 5.75 Å². The molecule has 1 saturated heterocycles. The second-order valence-electron chi connectivity index (χ2n) is 4.17. The van der Waals surface area contributed by atoms with Gasteiger partial charge in [-0.05, 0) is 12.8 Å². The summed E-state index contributed by atoms with van der Waals surface area (Å²) in [4.78, 5) is 14.8. The number of nitrogens with zero attached hydrogens (tertiary/aromatic N) is 2. The molecule has 104 valence electrons. The molecule has 1 atom stereocenters. The fraction of sp³-hybridized carbons (Fsp3) is 0.455. The van der Waals surface area contributed by atoms with E-state index < -0.39 is 22.0 Å². The van der Waals surface area contributed by atoms with Gasteiger partial charge in [0.15, 0.2) is 0 Å². The van der Waals surface area contributed by atoms with Gasteiger partial charge in [0.25, 0.3) is 0 Å². The quantitative estimate of drug-likeness (QED) is 0.856. The summed E-state index contributed by atoms with van der Waals surface area (Å²) in [5.41, 5.74) is 0. The summed E-state index contributed by atoms with van der Waals surface area (Å²) in [6.45, 7) is 0.205. The molecule has 1 aromatic rings. The van der Waals surface area contributed by atoms with E-state index in [9.17, 15) is 13.2 Å². The van der Waals surface area contributed by atoms with Crippen molar-refractivity contribution in [2.75, 3.05) is 13.7 Å². The number of carbonyl (C=O) groups is 1. The van der Waals surface area contributed by atoms with Gasteiger partial charge in [-0.3, -0.25) is 9.78 Å². The number of ether oxygens (including phenoxy) is 1. The van der Waals surface area contributed by atoms with E-state index in [-0.39, 0.29) is 11.4 Å². The normalized spacial score (nSPS) is 20.4. The molecule has 0 radical (unpaired) electrons. The molecule has 0 aromatic carbocycles. The van der Waals surface area contributed by atoms with Crippen LogP contribution in [-0.2, 0) is 14.8 Å². The maximum absolute atomic E-state index is 12.4. The van der Waals surface area contributed by atoms with E-state index in [2.05, 4.69) is 4.98 Å². The second kappa shape index (κ2) is 5.14. The summed E-state index contributed by atoms with van der Waals surface area (Å²) < 4.78 is 30.7. The molecule has 1 N–H and O–H groups in total. The third-order valence-electron chi connectivity index (χ3n) is 3.02. The van der Waals surface area contributed by atoms with Gasteiger partial charge in [0.1, 0.15) is 16.7 Å². The largest absolute Gasteiger partial charge is 0.495 e. The van der Waals surface area contributed by atoms with Crippen molar-refractivity contribution < 1.29 is 23.1 Å². The van der Waals surface area contributed by atoms with E-state index in [1.165, 1.54) is 25.6 Å². The van der Waals surface area contributed by atoms with Crippen LogP contribution in [0.1, 0.15) is 12.8 Å². The number of carboxylic acids is 1. The van der Waals surface area contributed by atoms with Gasteiger partial charge in [0.2, 0.25) is 10.0 Å². The van der Waals surface area contributed by atoms with Crippen molar-refractivity contribution in [1.82, 2.24) is 9.29 Å². The van der Waals surface area contributed by atoms with Crippen LogP contribution in [0.15, 0.2) is 23.4 Å². The molecule has 8 heteroatoms. The van der Waals surface area contributed by atoms with Crippen LogP contribution in [-0.4, -0.2) is 48.5 Å². The zero-order valence-electron chi connectivity index (χ0n) is 10.3.